The number of fused-ring (bicyclic) bond motifs is 1. The van der Waals surface area contributed by atoms with Crippen LogP contribution in [0, 0.1) is 17.8 Å². The molecule has 1 N–H and O–H groups in total. The van der Waals surface area contributed by atoms with Gasteiger partial charge >= 0.3 is 0 Å². The molecular formula is C13H24N2. The van der Waals surface area contributed by atoms with Crippen molar-refractivity contribution in [3.05, 3.63) is 0 Å². The van der Waals surface area contributed by atoms with Gasteiger partial charge in [-0.05, 0) is 56.5 Å². The summed E-state index contributed by atoms with van der Waals surface area (Å²) >= 11 is 0. The van der Waals surface area contributed by atoms with Crippen LogP contribution in [0.3, 0.4) is 0 Å². The molecule has 2 aliphatic heterocycles. The number of piperidine rings is 1. The van der Waals surface area contributed by atoms with Crippen molar-refractivity contribution in [3.8, 4) is 0 Å². The maximum absolute atomic E-state index is 3.53. The molecule has 2 heteroatoms. The molecule has 1 aliphatic carbocycles. The first-order valence-electron chi connectivity index (χ1n) is 6.85. The van der Waals surface area contributed by atoms with Crippen LogP contribution in [-0.4, -0.2) is 37.6 Å². The van der Waals surface area contributed by atoms with Gasteiger partial charge in [0.25, 0.3) is 0 Å². The summed E-state index contributed by atoms with van der Waals surface area (Å²) in [6.45, 7) is 6.73. The van der Waals surface area contributed by atoms with E-state index < -0.39 is 0 Å². The Balaban J connectivity index is 1.48. The minimum Gasteiger partial charge on any atom is -0.316 e. The molecule has 1 saturated carbocycles. The van der Waals surface area contributed by atoms with Crippen molar-refractivity contribution in [1.82, 2.24) is 10.2 Å². The molecule has 3 unspecified atom stereocenters. The molecule has 3 fully saturated rings. The summed E-state index contributed by atoms with van der Waals surface area (Å²) in [5.41, 5.74) is 0. The van der Waals surface area contributed by atoms with E-state index in [0.717, 1.165) is 17.8 Å². The van der Waals surface area contributed by atoms with Crippen molar-refractivity contribution in [2.24, 2.45) is 17.8 Å². The molecule has 2 nitrogen and oxygen atoms in total. The molecular weight excluding hydrogens is 184 g/mol. The lowest BCUT2D eigenvalue weighted by molar-refractivity contribution is 0.230. The Morgan fingerprint density at radius 1 is 1.00 bits per heavy atom. The first-order valence-corrected chi connectivity index (χ1v) is 6.85. The standard InChI is InChI=1S/C13H24N2/c1-4-12-9-15(10-13(12)5-1)8-11-3-2-6-14-7-11/h11-14H,1-10H2. The van der Waals surface area contributed by atoms with Crippen LogP contribution in [0.4, 0.5) is 0 Å². The molecule has 0 amide bonds. The van der Waals surface area contributed by atoms with Crippen LogP contribution in [0.15, 0.2) is 0 Å². The lowest BCUT2D eigenvalue weighted by Crippen LogP contribution is -2.37. The Morgan fingerprint density at radius 3 is 2.47 bits per heavy atom. The fraction of sp³-hybridized carbons (Fsp3) is 1.00. The summed E-state index contributed by atoms with van der Waals surface area (Å²) in [7, 11) is 0. The van der Waals surface area contributed by atoms with Gasteiger partial charge in [-0.25, -0.2) is 0 Å². The molecule has 0 aromatic carbocycles. The predicted octanol–water partition coefficient (Wildman–Crippen LogP) is 1.72. The Hall–Kier alpha value is -0.0800. The van der Waals surface area contributed by atoms with Gasteiger partial charge in [0.1, 0.15) is 0 Å². The van der Waals surface area contributed by atoms with Gasteiger partial charge in [0.15, 0.2) is 0 Å². The van der Waals surface area contributed by atoms with E-state index in [9.17, 15) is 0 Å². The number of likely N-dealkylation sites (tertiary alicyclic amines) is 1. The van der Waals surface area contributed by atoms with Gasteiger partial charge < -0.3 is 10.2 Å². The van der Waals surface area contributed by atoms with Gasteiger partial charge in [0.2, 0.25) is 0 Å². The van der Waals surface area contributed by atoms with Gasteiger partial charge in [-0.2, -0.15) is 0 Å². The molecule has 0 spiro atoms. The third kappa shape index (κ3) is 2.21. The lowest BCUT2D eigenvalue weighted by atomic mass is 9.99. The number of nitrogens with zero attached hydrogens (tertiary/aromatic N) is 1. The number of hydrogen-bond donors (Lipinski definition) is 1. The summed E-state index contributed by atoms with van der Waals surface area (Å²) in [4.78, 5) is 2.76. The summed E-state index contributed by atoms with van der Waals surface area (Å²) in [6.07, 6.45) is 7.40. The first-order chi connectivity index (χ1) is 7.42. The normalized spacial score (nSPS) is 42.0. The van der Waals surface area contributed by atoms with Crippen LogP contribution in [0.25, 0.3) is 0 Å². The maximum Gasteiger partial charge on any atom is 0.00220 e. The highest BCUT2D eigenvalue weighted by molar-refractivity contribution is 4.89. The van der Waals surface area contributed by atoms with Crippen molar-refractivity contribution in [3.63, 3.8) is 0 Å². The van der Waals surface area contributed by atoms with Crippen LogP contribution in [0.2, 0.25) is 0 Å². The summed E-state index contributed by atoms with van der Waals surface area (Å²) in [5, 5.41) is 3.53. The Bertz CT molecular complexity index is 199. The predicted molar refractivity (Wildman–Crippen MR) is 62.9 cm³/mol. The quantitative estimate of drug-likeness (QED) is 0.743. The minimum atomic E-state index is 0.942. The molecule has 0 radical (unpaired) electrons. The second kappa shape index (κ2) is 4.42. The van der Waals surface area contributed by atoms with E-state index in [0.29, 0.717) is 0 Å². The summed E-state index contributed by atoms with van der Waals surface area (Å²) < 4.78 is 0. The monoisotopic (exact) mass is 208 g/mol. The van der Waals surface area contributed by atoms with Gasteiger partial charge in [0, 0.05) is 19.6 Å². The molecule has 86 valence electrons. The van der Waals surface area contributed by atoms with Gasteiger partial charge in [0.05, 0.1) is 0 Å². The van der Waals surface area contributed by atoms with E-state index in [-0.39, 0.29) is 0 Å². The summed E-state index contributed by atoms with van der Waals surface area (Å²) in [6, 6.07) is 0. The third-order valence-corrected chi connectivity index (χ3v) is 4.72. The van der Waals surface area contributed by atoms with Crippen LogP contribution >= 0.6 is 0 Å². The highest BCUT2D eigenvalue weighted by Crippen LogP contribution is 2.38. The number of rotatable bonds is 2. The Morgan fingerprint density at radius 2 is 1.80 bits per heavy atom. The average molecular weight is 208 g/mol. The van der Waals surface area contributed by atoms with E-state index in [1.165, 1.54) is 64.8 Å². The van der Waals surface area contributed by atoms with E-state index in [4.69, 9.17) is 0 Å². The zero-order chi connectivity index (χ0) is 10.1. The third-order valence-electron chi connectivity index (χ3n) is 4.72. The van der Waals surface area contributed by atoms with Crippen LogP contribution < -0.4 is 5.32 Å². The topological polar surface area (TPSA) is 15.3 Å². The second-order valence-corrected chi connectivity index (χ2v) is 5.88. The highest BCUT2D eigenvalue weighted by atomic mass is 15.2. The largest absolute Gasteiger partial charge is 0.316 e. The zero-order valence-corrected chi connectivity index (χ0v) is 9.75. The van der Waals surface area contributed by atoms with Crippen molar-refractivity contribution in [2.45, 2.75) is 32.1 Å². The lowest BCUT2D eigenvalue weighted by Gasteiger charge is -2.27. The molecule has 2 heterocycles. The van der Waals surface area contributed by atoms with Crippen molar-refractivity contribution >= 4 is 0 Å². The SMILES string of the molecule is C1CNCC(CN2CC3CCCC3C2)C1. The van der Waals surface area contributed by atoms with Gasteiger partial charge in [-0.15, -0.1) is 0 Å². The fourth-order valence-electron chi connectivity index (χ4n) is 3.93. The van der Waals surface area contributed by atoms with Gasteiger partial charge in [-0.1, -0.05) is 6.42 Å². The molecule has 2 saturated heterocycles. The number of hydrogen-bond acceptors (Lipinski definition) is 2. The van der Waals surface area contributed by atoms with Gasteiger partial charge in [-0.3, -0.25) is 0 Å². The van der Waals surface area contributed by atoms with E-state index >= 15 is 0 Å². The smallest absolute Gasteiger partial charge is 0.00220 e. The second-order valence-electron chi connectivity index (χ2n) is 5.88. The van der Waals surface area contributed by atoms with Crippen LogP contribution in [0.1, 0.15) is 32.1 Å². The van der Waals surface area contributed by atoms with Crippen LogP contribution in [-0.2, 0) is 0 Å². The fourth-order valence-corrected chi connectivity index (χ4v) is 3.93. The molecule has 3 rings (SSSR count). The highest BCUT2D eigenvalue weighted by Gasteiger charge is 2.36. The average Bonchev–Trinajstić information content (AvgIpc) is 2.79. The van der Waals surface area contributed by atoms with E-state index in [2.05, 4.69) is 10.2 Å². The van der Waals surface area contributed by atoms with Crippen molar-refractivity contribution < 1.29 is 0 Å². The Kier molecular flexibility index (Phi) is 2.98. The molecule has 0 aromatic heterocycles. The Labute approximate surface area is 93.4 Å². The zero-order valence-electron chi connectivity index (χ0n) is 9.75. The molecule has 0 aromatic rings. The maximum atomic E-state index is 3.53. The molecule has 3 aliphatic rings. The minimum absolute atomic E-state index is 0.942. The van der Waals surface area contributed by atoms with Crippen molar-refractivity contribution in [2.75, 3.05) is 32.7 Å². The first kappa shape index (κ1) is 10.1. The van der Waals surface area contributed by atoms with E-state index in [1.807, 2.05) is 0 Å². The molecule has 15 heavy (non-hydrogen) atoms. The molecule has 0 bridgehead atoms. The van der Waals surface area contributed by atoms with Crippen molar-refractivity contribution in [1.29, 1.82) is 0 Å². The number of nitrogens with one attached hydrogen (secondary N) is 1. The summed E-state index contributed by atoms with van der Waals surface area (Å²) in [5.74, 6) is 3.08. The van der Waals surface area contributed by atoms with E-state index in [1.54, 1.807) is 0 Å². The van der Waals surface area contributed by atoms with Crippen LogP contribution in [0.5, 0.6) is 0 Å². The molecule has 3 atom stereocenters.